The van der Waals surface area contributed by atoms with E-state index in [1.165, 1.54) is 11.8 Å². The van der Waals surface area contributed by atoms with E-state index in [0.29, 0.717) is 16.5 Å². The summed E-state index contributed by atoms with van der Waals surface area (Å²) in [5.74, 6) is 2.72. The predicted molar refractivity (Wildman–Crippen MR) is 117 cm³/mol. The molecule has 0 saturated heterocycles. The normalized spacial score (nSPS) is 11.0. The van der Waals surface area contributed by atoms with Gasteiger partial charge in [0, 0.05) is 21.9 Å². The highest BCUT2D eigenvalue weighted by Gasteiger charge is 2.18. The number of aryl methyl sites for hydroxylation is 1. The minimum atomic E-state index is 0.517. The molecule has 148 valence electrons. The Labute approximate surface area is 185 Å². The van der Waals surface area contributed by atoms with Crippen LogP contribution in [0.4, 0.5) is 0 Å². The van der Waals surface area contributed by atoms with Crippen LogP contribution in [0.5, 0.6) is 5.75 Å². The number of ether oxygens (including phenoxy) is 1. The molecule has 0 radical (unpaired) electrons. The molecular weight excluding hydrogens is 476 g/mol. The summed E-state index contributed by atoms with van der Waals surface area (Å²) in [5, 5.41) is 14.2. The molecule has 29 heavy (non-hydrogen) atoms. The zero-order chi connectivity index (χ0) is 20.4. The lowest BCUT2D eigenvalue weighted by atomic mass is 10.2. The molecule has 0 amide bonds. The van der Waals surface area contributed by atoms with E-state index >= 15 is 0 Å². The smallest absolute Gasteiger partial charge is 0.196 e. The maximum atomic E-state index is 6.38. The predicted octanol–water partition coefficient (Wildman–Crippen LogP) is 5.95. The highest BCUT2D eigenvalue weighted by molar-refractivity contribution is 9.10. The standard InChI is InChI=1S/C20H16BrClN4O2S/c1-12-9-15(25-28-12)11-29-20-24-23-19(13-3-5-14(21)6-4-13)26(20)16-7-8-18(27-2)17(22)10-16/h3-10H,11H2,1-2H3. The zero-order valence-electron chi connectivity index (χ0n) is 15.6. The Morgan fingerprint density at radius 2 is 1.93 bits per heavy atom. The fourth-order valence-electron chi connectivity index (χ4n) is 2.80. The first-order chi connectivity index (χ1) is 14.0. The molecule has 9 heteroatoms. The fraction of sp³-hybridized carbons (Fsp3) is 0.150. The molecule has 0 saturated carbocycles. The molecule has 0 N–H and O–H groups in total. The van der Waals surface area contributed by atoms with Crippen LogP contribution in [-0.4, -0.2) is 27.0 Å². The maximum Gasteiger partial charge on any atom is 0.196 e. The molecule has 2 aromatic carbocycles. The Kier molecular flexibility index (Phi) is 5.94. The summed E-state index contributed by atoms with van der Waals surface area (Å²) >= 11 is 11.4. The van der Waals surface area contributed by atoms with Gasteiger partial charge in [0.2, 0.25) is 0 Å². The number of thioether (sulfide) groups is 1. The van der Waals surface area contributed by atoms with Crippen LogP contribution in [0.15, 0.2) is 62.7 Å². The van der Waals surface area contributed by atoms with Gasteiger partial charge in [0.25, 0.3) is 0 Å². The van der Waals surface area contributed by atoms with Crippen LogP contribution in [-0.2, 0) is 5.75 Å². The minimum Gasteiger partial charge on any atom is -0.495 e. The van der Waals surface area contributed by atoms with Crippen LogP contribution >= 0.6 is 39.3 Å². The highest BCUT2D eigenvalue weighted by Crippen LogP contribution is 2.33. The van der Waals surface area contributed by atoms with Crippen LogP contribution in [0, 0.1) is 6.92 Å². The van der Waals surface area contributed by atoms with Crippen molar-refractivity contribution in [3.63, 3.8) is 0 Å². The number of methoxy groups -OCH3 is 1. The second-order valence-corrected chi connectivity index (χ2v) is 8.45. The monoisotopic (exact) mass is 490 g/mol. The summed E-state index contributed by atoms with van der Waals surface area (Å²) in [4.78, 5) is 0. The molecule has 0 spiro atoms. The van der Waals surface area contributed by atoms with Crippen molar-refractivity contribution in [3.8, 4) is 22.8 Å². The highest BCUT2D eigenvalue weighted by atomic mass is 79.9. The molecule has 0 atom stereocenters. The number of benzene rings is 2. The zero-order valence-corrected chi connectivity index (χ0v) is 18.8. The first-order valence-electron chi connectivity index (χ1n) is 8.65. The van der Waals surface area contributed by atoms with Gasteiger partial charge < -0.3 is 9.26 Å². The molecule has 4 rings (SSSR count). The molecule has 2 aromatic heterocycles. The topological polar surface area (TPSA) is 66.0 Å². The van der Waals surface area contributed by atoms with E-state index in [9.17, 15) is 0 Å². The van der Waals surface area contributed by atoms with Gasteiger partial charge in [-0.1, -0.05) is 56.6 Å². The van der Waals surface area contributed by atoms with Gasteiger partial charge in [0.1, 0.15) is 11.5 Å². The van der Waals surface area contributed by atoms with Gasteiger partial charge in [0.15, 0.2) is 11.0 Å². The molecule has 2 heterocycles. The molecule has 0 aliphatic heterocycles. The average molecular weight is 492 g/mol. The number of nitrogens with zero attached hydrogens (tertiary/aromatic N) is 4. The van der Waals surface area contributed by atoms with E-state index in [1.54, 1.807) is 7.11 Å². The minimum absolute atomic E-state index is 0.517. The van der Waals surface area contributed by atoms with Gasteiger partial charge in [0.05, 0.1) is 23.5 Å². The second-order valence-electron chi connectivity index (χ2n) is 6.18. The van der Waals surface area contributed by atoms with Crippen molar-refractivity contribution in [2.45, 2.75) is 17.8 Å². The van der Waals surface area contributed by atoms with Gasteiger partial charge in [-0.2, -0.15) is 0 Å². The maximum absolute atomic E-state index is 6.38. The summed E-state index contributed by atoms with van der Waals surface area (Å²) in [6.07, 6.45) is 0. The van der Waals surface area contributed by atoms with Crippen molar-refractivity contribution in [2.75, 3.05) is 7.11 Å². The van der Waals surface area contributed by atoms with Crippen molar-refractivity contribution < 1.29 is 9.26 Å². The van der Waals surface area contributed by atoms with Gasteiger partial charge in [-0.3, -0.25) is 4.57 Å². The Balaban J connectivity index is 1.76. The van der Waals surface area contributed by atoms with Crippen LogP contribution in [0.1, 0.15) is 11.5 Å². The number of hydrogen-bond donors (Lipinski definition) is 0. The Hall–Kier alpha value is -2.29. The lowest BCUT2D eigenvalue weighted by Gasteiger charge is -2.12. The van der Waals surface area contributed by atoms with Crippen LogP contribution in [0.2, 0.25) is 5.02 Å². The Morgan fingerprint density at radius 3 is 2.59 bits per heavy atom. The van der Waals surface area contributed by atoms with E-state index < -0.39 is 0 Å². The van der Waals surface area contributed by atoms with Gasteiger partial charge in [-0.25, -0.2) is 0 Å². The number of aromatic nitrogens is 4. The largest absolute Gasteiger partial charge is 0.495 e. The van der Waals surface area contributed by atoms with Gasteiger partial charge >= 0.3 is 0 Å². The number of hydrogen-bond acceptors (Lipinski definition) is 6. The molecule has 4 aromatic rings. The summed E-state index contributed by atoms with van der Waals surface area (Å²) in [7, 11) is 1.59. The van der Waals surface area contributed by atoms with Gasteiger partial charge in [-0.15, -0.1) is 10.2 Å². The third kappa shape index (κ3) is 4.34. The molecule has 0 fully saturated rings. The van der Waals surface area contributed by atoms with E-state index in [4.69, 9.17) is 20.9 Å². The molecule has 0 bridgehead atoms. The summed E-state index contributed by atoms with van der Waals surface area (Å²) in [6, 6.07) is 15.4. The number of halogens is 2. The fourth-order valence-corrected chi connectivity index (χ4v) is 4.15. The third-order valence-electron chi connectivity index (χ3n) is 4.16. The van der Waals surface area contributed by atoms with E-state index in [1.807, 2.05) is 60.0 Å². The van der Waals surface area contributed by atoms with Crippen molar-refractivity contribution >= 4 is 39.3 Å². The molecule has 0 aliphatic carbocycles. The van der Waals surface area contributed by atoms with Crippen LogP contribution in [0.3, 0.4) is 0 Å². The van der Waals surface area contributed by atoms with Crippen LogP contribution in [0.25, 0.3) is 17.1 Å². The quantitative estimate of drug-likeness (QED) is 0.311. The third-order valence-corrected chi connectivity index (χ3v) is 5.94. The van der Waals surface area contributed by atoms with E-state index in [2.05, 4.69) is 31.3 Å². The lowest BCUT2D eigenvalue weighted by molar-refractivity contribution is 0.393. The average Bonchev–Trinajstić information content (AvgIpc) is 3.33. The Morgan fingerprint density at radius 1 is 1.14 bits per heavy atom. The first kappa shape index (κ1) is 20.0. The van der Waals surface area contributed by atoms with Gasteiger partial charge in [-0.05, 0) is 37.3 Å². The summed E-state index contributed by atoms with van der Waals surface area (Å²) in [6.45, 7) is 1.87. The summed E-state index contributed by atoms with van der Waals surface area (Å²) in [5.41, 5.74) is 2.63. The van der Waals surface area contributed by atoms with Crippen molar-refractivity contribution in [1.82, 2.24) is 19.9 Å². The Bertz CT molecular complexity index is 1140. The molecular formula is C20H16BrClN4O2S. The van der Waals surface area contributed by atoms with Crippen molar-refractivity contribution in [3.05, 3.63) is 69.5 Å². The van der Waals surface area contributed by atoms with Crippen molar-refractivity contribution in [1.29, 1.82) is 0 Å². The van der Waals surface area contributed by atoms with E-state index in [0.717, 1.165) is 38.2 Å². The molecule has 0 aliphatic rings. The molecule has 6 nitrogen and oxygen atoms in total. The SMILES string of the molecule is COc1ccc(-n2c(SCc3cc(C)on3)nnc2-c2ccc(Br)cc2)cc1Cl. The summed E-state index contributed by atoms with van der Waals surface area (Å²) < 4.78 is 13.4. The molecule has 0 unspecified atom stereocenters. The lowest BCUT2D eigenvalue weighted by Crippen LogP contribution is -2.00. The van der Waals surface area contributed by atoms with E-state index in [-0.39, 0.29) is 0 Å². The second kappa shape index (κ2) is 8.61. The first-order valence-corrected chi connectivity index (χ1v) is 10.8. The number of rotatable bonds is 6. The van der Waals surface area contributed by atoms with Crippen molar-refractivity contribution in [2.24, 2.45) is 0 Å². The van der Waals surface area contributed by atoms with Crippen LogP contribution < -0.4 is 4.74 Å².